The predicted octanol–water partition coefficient (Wildman–Crippen LogP) is 5.19. The highest BCUT2D eigenvalue weighted by atomic mass is 32.1. The van der Waals surface area contributed by atoms with Gasteiger partial charge < -0.3 is 10.6 Å². The van der Waals surface area contributed by atoms with E-state index < -0.39 is 0 Å². The first kappa shape index (κ1) is 22.5. The number of pyridine rings is 1. The van der Waals surface area contributed by atoms with Crippen molar-refractivity contribution in [2.24, 2.45) is 7.05 Å². The Labute approximate surface area is 206 Å². The monoisotopic (exact) mass is 481 g/mol. The van der Waals surface area contributed by atoms with Crippen molar-refractivity contribution in [1.82, 2.24) is 20.1 Å². The van der Waals surface area contributed by atoms with E-state index in [0.29, 0.717) is 22.7 Å². The topological polar surface area (TPSA) is 88.9 Å². The smallest absolute Gasteiger partial charge is 0.266 e. The van der Waals surface area contributed by atoms with Crippen LogP contribution >= 0.6 is 11.3 Å². The first-order valence-electron chi connectivity index (χ1n) is 11.1. The molecule has 35 heavy (non-hydrogen) atoms. The lowest BCUT2D eigenvalue weighted by molar-refractivity contribution is 0.0950. The zero-order valence-electron chi connectivity index (χ0n) is 19.3. The van der Waals surface area contributed by atoms with Crippen LogP contribution in [0.1, 0.15) is 31.2 Å². The average molecular weight is 482 g/mol. The molecule has 5 aromatic rings. The number of rotatable bonds is 6. The van der Waals surface area contributed by atoms with E-state index in [1.165, 1.54) is 11.3 Å². The summed E-state index contributed by atoms with van der Waals surface area (Å²) in [6.45, 7) is 2.35. The molecule has 3 heterocycles. The Bertz CT molecular complexity index is 1550. The molecule has 0 aliphatic carbocycles. The van der Waals surface area contributed by atoms with E-state index >= 15 is 0 Å². The van der Waals surface area contributed by atoms with Crippen LogP contribution < -0.4 is 10.6 Å². The van der Waals surface area contributed by atoms with Crippen LogP contribution in [0.5, 0.6) is 0 Å². The van der Waals surface area contributed by atoms with Gasteiger partial charge in [0.25, 0.3) is 11.8 Å². The van der Waals surface area contributed by atoms with Crippen molar-refractivity contribution in [2.45, 2.75) is 13.5 Å². The lowest BCUT2D eigenvalue weighted by atomic mass is 10.0. The van der Waals surface area contributed by atoms with Gasteiger partial charge in [-0.25, -0.2) is 0 Å². The standard InChI is InChI=1S/C27H23N5O2S/c1-17-24(16-35-25(17)27(34)31-23-14-30-32(2)15-23)20-5-3-4-18(10-20)12-29-26(33)21-6-7-22-13-28-9-8-19(22)11-21/h3-11,13-16H,12H2,1-2H3,(H,29,33)(H,31,34). The molecule has 5 rings (SSSR count). The maximum atomic E-state index is 12.8. The van der Waals surface area contributed by atoms with E-state index in [0.717, 1.165) is 33.0 Å². The Morgan fingerprint density at radius 3 is 2.74 bits per heavy atom. The van der Waals surface area contributed by atoms with Crippen LogP contribution in [0, 0.1) is 6.92 Å². The number of fused-ring (bicyclic) bond motifs is 1. The molecule has 0 saturated heterocycles. The summed E-state index contributed by atoms with van der Waals surface area (Å²) < 4.78 is 1.64. The number of carbonyl (C=O) groups excluding carboxylic acids is 2. The molecule has 0 spiro atoms. The summed E-state index contributed by atoms with van der Waals surface area (Å²) >= 11 is 1.41. The molecule has 0 aliphatic rings. The molecule has 7 nitrogen and oxygen atoms in total. The first-order valence-corrected chi connectivity index (χ1v) is 12.0. The van der Waals surface area contributed by atoms with Gasteiger partial charge in [-0.2, -0.15) is 5.10 Å². The minimum absolute atomic E-state index is 0.129. The molecule has 0 unspecified atom stereocenters. The molecule has 2 aromatic carbocycles. The van der Waals surface area contributed by atoms with Crippen molar-refractivity contribution >= 4 is 39.6 Å². The quantitative estimate of drug-likeness (QED) is 0.349. The van der Waals surface area contributed by atoms with E-state index in [-0.39, 0.29) is 11.8 Å². The molecular weight excluding hydrogens is 458 g/mol. The Morgan fingerprint density at radius 1 is 1.03 bits per heavy atom. The molecule has 8 heteroatoms. The Hall–Kier alpha value is -4.30. The van der Waals surface area contributed by atoms with Crippen LogP contribution in [-0.2, 0) is 13.6 Å². The fourth-order valence-electron chi connectivity index (χ4n) is 3.96. The van der Waals surface area contributed by atoms with Gasteiger partial charge in [-0.3, -0.25) is 19.3 Å². The van der Waals surface area contributed by atoms with Gasteiger partial charge in [0.05, 0.1) is 16.8 Å². The van der Waals surface area contributed by atoms with Crippen LogP contribution in [0.3, 0.4) is 0 Å². The highest BCUT2D eigenvalue weighted by Crippen LogP contribution is 2.32. The number of hydrogen-bond acceptors (Lipinski definition) is 5. The fraction of sp³-hybridized carbons (Fsp3) is 0.111. The van der Waals surface area contributed by atoms with E-state index in [9.17, 15) is 9.59 Å². The summed E-state index contributed by atoms with van der Waals surface area (Å²) in [5.41, 5.74) is 5.17. The summed E-state index contributed by atoms with van der Waals surface area (Å²) in [6.07, 6.45) is 6.88. The molecule has 0 aliphatic heterocycles. The SMILES string of the molecule is Cc1c(-c2cccc(CNC(=O)c3ccc4cnccc4c3)c2)csc1C(=O)Nc1cnn(C)c1. The summed E-state index contributed by atoms with van der Waals surface area (Å²) in [5, 5.41) is 13.9. The van der Waals surface area contributed by atoms with Gasteiger partial charge in [0.2, 0.25) is 0 Å². The highest BCUT2D eigenvalue weighted by Gasteiger charge is 2.17. The second-order valence-corrected chi connectivity index (χ2v) is 9.16. The van der Waals surface area contributed by atoms with Crippen LogP contribution in [0.2, 0.25) is 0 Å². The van der Waals surface area contributed by atoms with Gasteiger partial charge in [0.15, 0.2) is 0 Å². The molecule has 174 valence electrons. The predicted molar refractivity (Wildman–Crippen MR) is 139 cm³/mol. The maximum Gasteiger partial charge on any atom is 0.266 e. The molecule has 0 atom stereocenters. The number of hydrogen-bond donors (Lipinski definition) is 2. The molecular formula is C27H23N5O2S. The number of aromatic nitrogens is 3. The van der Waals surface area contributed by atoms with Crippen molar-refractivity contribution in [3.8, 4) is 11.1 Å². The lowest BCUT2D eigenvalue weighted by Gasteiger charge is -2.09. The maximum absolute atomic E-state index is 12.8. The molecule has 3 aromatic heterocycles. The second kappa shape index (κ2) is 9.52. The highest BCUT2D eigenvalue weighted by molar-refractivity contribution is 7.12. The zero-order chi connectivity index (χ0) is 24.4. The van der Waals surface area contributed by atoms with Gasteiger partial charge in [-0.15, -0.1) is 11.3 Å². The number of nitrogens with zero attached hydrogens (tertiary/aromatic N) is 3. The minimum Gasteiger partial charge on any atom is -0.348 e. The molecule has 2 amide bonds. The summed E-state index contributed by atoms with van der Waals surface area (Å²) in [6, 6.07) is 15.5. The van der Waals surface area contributed by atoms with Crippen molar-refractivity contribution in [3.63, 3.8) is 0 Å². The first-order chi connectivity index (χ1) is 17.0. The van der Waals surface area contributed by atoms with Crippen molar-refractivity contribution in [1.29, 1.82) is 0 Å². The van der Waals surface area contributed by atoms with Crippen LogP contribution in [-0.4, -0.2) is 26.6 Å². The number of amides is 2. The van der Waals surface area contributed by atoms with E-state index in [4.69, 9.17) is 0 Å². The average Bonchev–Trinajstić information content (AvgIpc) is 3.47. The van der Waals surface area contributed by atoms with Crippen LogP contribution in [0.15, 0.2) is 78.7 Å². The third-order valence-electron chi connectivity index (χ3n) is 5.80. The number of carbonyl (C=O) groups is 2. The molecule has 2 N–H and O–H groups in total. The summed E-state index contributed by atoms with van der Waals surface area (Å²) in [5.74, 6) is -0.281. The van der Waals surface area contributed by atoms with Gasteiger partial charge in [-0.05, 0) is 64.2 Å². The second-order valence-electron chi connectivity index (χ2n) is 8.28. The third kappa shape index (κ3) is 4.83. The van der Waals surface area contributed by atoms with Gasteiger partial charge in [0, 0.05) is 43.1 Å². The van der Waals surface area contributed by atoms with E-state index in [1.807, 2.05) is 60.8 Å². The van der Waals surface area contributed by atoms with Gasteiger partial charge in [0.1, 0.15) is 0 Å². The minimum atomic E-state index is -0.152. The van der Waals surface area contributed by atoms with Crippen LogP contribution in [0.25, 0.3) is 21.9 Å². The fourth-order valence-corrected chi connectivity index (χ4v) is 4.95. The number of nitrogens with one attached hydrogen (secondary N) is 2. The lowest BCUT2D eigenvalue weighted by Crippen LogP contribution is -2.22. The van der Waals surface area contributed by atoms with E-state index in [2.05, 4.69) is 20.7 Å². The number of anilines is 1. The van der Waals surface area contributed by atoms with E-state index in [1.54, 1.807) is 36.5 Å². The van der Waals surface area contributed by atoms with Crippen molar-refractivity contribution < 1.29 is 9.59 Å². The third-order valence-corrected chi connectivity index (χ3v) is 6.88. The number of benzene rings is 2. The molecule has 0 fully saturated rings. The Kier molecular flexibility index (Phi) is 6.12. The molecule has 0 saturated carbocycles. The summed E-state index contributed by atoms with van der Waals surface area (Å²) in [4.78, 5) is 30.3. The Balaban J connectivity index is 1.29. The Morgan fingerprint density at radius 2 is 1.91 bits per heavy atom. The molecule has 0 radical (unpaired) electrons. The van der Waals surface area contributed by atoms with Gasteiger partial charge in [-0.1, -0.05) is 24.3 Å². The zero-order valence-corrected chi connectivity index (χ0v) is 20.1. The van der Waals surface area contributed by atoms with Crippen molar-refractivity contribution in [2.75, 3.05) is 5.32 Å². The number of thiophene rings is 1. The largest absolute Gasteiger partial charge is 0.348 e. The van der Waals surface area contributed by atoms with Crippen LogP contribution in [0.4, 0.5) is 5.69 Å². The number of aryl methyl sites for hydroxylation is 1. The summed E-state index contributed by atoms with van der Waals surface area (Å²) in [7, 11) is 1.80. The normalized spacial score (nSPS) is 10.9. The van der Waals surface area contributed by atoms with Gasteiger partial charge >= 0.3 is 0 Å². The molecule has 0 bridgehead atoms. The van der Waals surface area contributed by atoms with Crippen molar-refractivity contribution in [3.05, 3.63) is 100 Å².